The van der Waals surface area contributed by atoms with E-state index in [1.807, 2.05) is 0 Å². The standard InChI is InChI=1S/C14H17NO3/c16-13-12(14(17)18)7-4-9-15(13)10-8-11-5-2-1-3-6-11/h4-5,7,9H,1-3,6,8,10H2,(H,17,18). The molecule has 1 aliphatic carbocycles. The Balaban J connectivity index is 2.10. The van der Waals surface area contributed by atoms with Crippen molar-refractivity contribution in [3.8, 4) is 0 Å². The number of hydrogen-bond donors (Lipinski definition) is 1. The van der Waals surface area contributed by atoms with E-state index in [0.717, 1.165) is 19.3 Å². The monoisotopic (exact) mass is 247 g/mol. The van der Waals surface area contributed by atoms with E-state index < -0.39 is 11.5 Å². The number of allylic oxidation sites excluding steroid dienone is 2. The maximum absolute atomic E-state index is 11.8. The Hall–Kier alpha value is -1.84. The van der Waals surface area contributed by atoms with Gasteiger partial charge in [-0.2, -0.15) is 0 Å². The van der Waals surface area contributed by atoms with Gasteiger partial charge in [-0.1, -0.05) is 11.6 Å². The lowest BCUT2D eigenvalue weighted by Gasteiger charge is -2.13. The van der Waals surface area contributed by atoms with E-state index in [1.165, 1.54) is 29.0 Å². The van der Waals surface area contributed by atoms with Gasteiger partial charge < -0.3 is 9.67 Å². The van der Waals surface area contributed by atoms with Gasteiger partial charge in [-0.3, -0.25) is 4.79 Å². The Kier molecular flexibility index (Phi) is 3.97. The molecule has 2 rings (SSSR count). The average molecular weight is 247 g/mol. The van der Waals surface area contributed by atoms with Crippen LogP contribution in [0.2, 0.25) is 0 Å². The number of aromatic nitrogens is 1. The first kappa shape index (κ1) is 12.6. The molecule has 4 heteroatoms. The molecule has 0 spiro atoms. The summed E-state index contributed by atoms with van der Waals surface area (Å²) in [6.07, 6.45) is 9.43. The molecule has 0 fully saturated rings. The number of carbonyl (C=O) groups is 1. The third kappa shape index (κ3) is 2.88. The summed E-state index contributed by atoms with van der Waals surface area (Å²) in [5.74, 6) is -1.16. The molecule has 1 aliphatic rings. The molecule has 0 aliphatic heterocycles. The highest BCUT2D eigenvalue weighted by atomic mass is 16.4. The Labute approximate surface area is 106 Å². The van der Waals surface area contributed by atoms with Gasteiger partial charge in [-0.15, -0.1) is 0 Å². The summed E-state index contributed by atoms with van der Waals surface area (Å²) in [5, 5.41) is 8.88. The Morgan fingerprint density at radius 3 is 2.89 bits per heavy atom. The molecule has 0 amide bonds. The van der Waals surface area contributed by atoms with Crippen LogP contribution in [0, 0.1) is 0 Å². The lowest BCUT2D eigenvalue weighted by atomic mass is 9.97. The van der Waals surface area contributed by atoms with Crippen molar-refractivity contribution in [1.29, 1.82) is 0 Å². The molecule has 0 bridgehead atoms. The largest absolute Gasteiger partial charge is 0.477 e. The normalized spacial score (nSPS) is 15.2. The van der Waals surface area contributed by atoms with Gasteiger partial charge in [0.1, 0.15) is 5.56 Å². The van der Waals surface area contributed by atoms with Crippen molar-refractivity contribution in [3.63, 3.8) is 0 Å². The maximum atomic E-state index is 11.8. The highest BCUT2D eigenvalue weighted by molar-refractivity contribution is 5.86. The van der Waals surface area contributed by atoms with E-state index in [9.17, 15) is 9.59 Å². The van der Waals surface area contributed by atoms with Crippen LogP contribution in [0.5, 0.6) is 0 Å². The van der Waals surface area contributed by atoms with Crippen molar-refractivity contribution >= 4 is 5.97 Å². The summed E-state index contributed by atoms with van der Waals surface area (Å²) in [5.41, 5.74) is 0.811. The van der Waals surface area contributed by atoms with Crippen LogP contribution < -0.4 is 5.56 Å². The molecular formula is C14H17NO3. The van der Waals surface area contributed by atoms with Crippen molar-refractivity contribution in [2.45, 2.75) is 38.6 Å². The van der Waals surface area contributed by atoms with Crippen LogP contribution in [0.3, 0.4) is 0 Å². The minimum atomic E-state index is -1.16. The zero-order valence-electron chi connectivity index (χ0n) is 10.3. The molecule has 96 valence electrons. The predicted octanol–water partition coefficient (Wildman–Crippen LogP) is 2.44. The zero-order valence-corrected chi connectivity index (χ0v) is 10.3. The van der Waals surface area contributed by atoms with E-state index in [-0.39, 0.29) is 5.56 Å². The van der Waals surface area contributed by atoms with Gasteiger partial charge in [0.05, 0.1) is 0 Å². The van der Waals surface area contributed by atoms with Gasteiger partial charge >= 0.3 is 5.97 Å². The minimum Gasteiger partial charge on any atom is -0.477 e. The summed E-state index contributed by atoms with van der Waals surface area (Å²) in [4.78, 5) is 22.7. The summed E-state index contributed by atoms with van der Waals surface area (Å²) in [6, 6.07) is 2.96. The van der Waals surface area contributed by atoms with Crippen LogP contribution in [0.15, 0.2) is 34.8 Å². The third-order valence-corrected chi connectivity index (χ3v) is 3.31. The smallest absolute Gasteiger partial charge is 0.341 e. The molecule has 1 aromatic heterocycles. The third-order valence-electron chi connectivity index (χ3n) is 3.31. The molecule has 4 nitrogen and oxygen atoms in total. The second-order valence-corrected chi connectivity index (χ2v) is 4.58. The lowest BCUT2D eigenvalue weighted by Crippen LogP contribution is -2.25. The Morgan fingerprint density at radius 1 is 1.39 bits per heavy atom. The van der Waals surface area contributed by atoms with Crippen LogP contribution in [0.1, 0.15) is 42.5 Å². The molecule has 1 heterocycles. The molecule has 0 atom stereocenters. The van der Waals surface area contributed by atoms with Gasteiger partial charge in [-0.05, 0) is 44.2 Å². The molecule has 0 unspecified atom stereocenters. The average Bonchev–Trinajstić information content (AvgIpc) is 2.38. The zero-order chi connectivity index (χ0) is 13.0. The molecule has 1 N–H and O–H groups in total. The molecule has 0 aromatic carbocycles. The molecular weight excluding hydrogens is 230 g/mol. The van der Waals surface area contributed by atoms with E-state index in [0.29, 0.717) is 6.54 Å². The first-order valence-electron chi connectivity index (χ1n) is 6.29. The first-order valence-corrected chi connectivity index (χ1v) is 6.29. The lowest BCUT2D eigenvalue weighted by molar-refractivity contribution is 0.0694. The second kappa shape index (κ2) is 5.67. The van der Waals surface area contributed by atoms with Gasteiger partial charge in [-0.25, -0.2) is 4.79 Å². The second-order valence-electron chi connectivity index (χ2n) is 4.58. The SMILES string of the molecule is O=C(O)c1cccn(CCC2=CCCCC2)c1=O. The Morgan fingerprint density at radius 2 is 2.22 bits per heavy atom. The predicted molar refractivity (Wildman–Crippen MR) is 68.8 cm³/mol. The van der Waals surface area contributed by atoms with Crippen molar-refractivity contribution < 1.29 is 9.90 Å². The van der Waals surface area contributed by atoms with Crippen LogP contribution in [0.4, 0.5) is 0 Å². The van der Waals surface area contributed by atoms with Gasteiger partial charge in [0, 0.05) is 12.7 Å². The minimum absolute atomic E-state index is 0.157. The molecule has 0 saturated heterocycles. The number of aromatic carboxylic acids is 1. The van der Waals surface area contributed by atoms with Crippen molar-refractivity contribution in [1.82, 2.24) is 4.57 Å². The highest BCUT2D eigenvalue weighted by Crippen LogP contribution is 2.20. The van der Waals surface area contributed by atoms with Crippen molar-refractivity contribution in [2.24, 2.45) is 0 Å². The quantitative estimate of drug-likeness (QED) is 0.831. The fourth-order valence-electron chi connectivity index (χ4n) is 2.27. The number of carboxylic acid groups (broad SMARTS) is 1. The number of rotatable bonds is 4. The van der Waals surface area contributed by atoms with Crippen LogP contribution in [0.25, 0.3) is 0 Å². The summed E-state index contributed by atoms with van der Waals surface area (Å²) < 4.78 is 1.49. The summed E-state index contributed by atoms with van der Waals surface area (Å²) >= 11 is 0. The highest BCUT2D eigenvalue weighted by Gasteiger charge is 2.10. The van der Waals surface area contributed by atoms with Crippen molar-refractivity contribution in [3.05, 3.63) is 45.9 Å². The fraction of sp³-hybridized carbons (Fsp3) is 0.429. The van der Waals surface area contributed by atoms with Crippen LogP contribution >= 0.6 is 0 Å². The van der Waals surface area contributed by atoms with E-state index >= 15 is 0 Å². The van der Waals surface area contributed by atoms with Crippen LogP contribution in [-0.4, -0.2) is 15.6 Å². The van der Waals surface area contributed by atoms with E-state index in [2.05, 4.69) is 6.08 Å². The van der Waals surface area contributed by atoms with Gasteiger partial charge in [0.2, 0.25) is 0 Å². The molecule has 0 radical (unpaired) electrons. The molecule has 1 aromatic rings. The molecule has 18 heavy (non-hydrogen) atoms. The number of nitrogens with zero attached hydrogens (tertiary/aromatic N) is 1. The number of aryl methyl sites for hydroxylation is 1. The van der Waals surface area contributed by atoms with Crippen LogP contribution in [-0.2, 0) is 6.54 Å². The van der Waals surface area contributed by atoms with E-state index in [1.54, 1.807) is 12.3 Å². The maximum Gasteiger partial charge on any atom is 0.341 e. The number of carboxylic acids is 1. The van der Waals surface area contributed by atoms with E-state index in [4.69, 9.17) is 5.11 Å². The van der Waals surface area contributed by atoms with Crippen molar-refractivity contribution in [2.75, 3.05) is 0 Å². The van der Waals surface area contributed by atoms with Gasteiger partial charge in [0.25, 0.3) is 5.56 Å². The first-order chi connectivity index (χ1) is 8.68. The summed E-state index contributed by atoms with van der Waals surface area (Å²) in [7, 11) is 0. The topological polar surface area (TPSA) is 59.3 Å². The fourth-order valence-corrected chi connectivity index (χ4v) is 2.27. The summed E-state index contributed by atoms with van der Waals surface area (Å²) in [6.45, 7) is 0.561. The van der Waals surface area contributed by atoms with Gasteiger partial charge in [0.15, 0.2) is 0 Å². The Bertz CT molecular complexity index is 528. The number of hydrogen-bond acceptors (Lipinski definition) is 2. The number of pyridine rings is 1. The molecule has 0 saturated carbocycles.